The van der Waals surface area contributed by atoms with Gasteiger partial charge in [0, 0.05) is 26.4 Å². The van der Waals surface area contributed by atoms with Crippen LogP contribution in [0.1, 0.15) is 28.8 Å². The van der Waals surface area contributed by atoms with Gasteiger partial charge in [0.25, 0.3) is 0 Å². The van der Waals surface area contributed by atoms with Crippen molar-refractivity contribution in [1.29, 1.82) is 0 Å². The Morgan fingerprint density at radius 1 is 0.780 bits per heavy atom. The summed E-state index contributed by atoms with van der Waals surface area (Å²) in [5.74, 6) is 0.133. The summed E-state index contributed by atoms with van der Waals surface area (Å²) in [5.41, 5.74) is 10.4. The van der Waals surface area contributed by atoms with Crippen LogP contribution in [0.2, 0.25) is 0 Å². The number of fused-ring (bicyclic) bond motifs is 4. The van der Waals surface area contributed by atoms with E-state index in [2.05, 4.69) is 141 Å². The van der Waals surface area contributed by atoms with Gasteiger partial charge in [-0.1, -0.05) is 96.6 Å². The van der Waals surface area contributed by atoms with E-state index in [0.29, 0.717) is 0 Å². The van der Waals surface area contributed by atoms with E-state index in [4.69, 9.17) is 0 Å². The number of rotatable bonds is 5. The molecule has 1 atom stereocenters. The number of halogens is 2. The zero-order valence-electron chi connectivity index (χ0n) is 22.6. The Hall–Kier alpha value is -2.87. The maximum absolute atomic E-state index is 4.25. The van der Waals surface area contributed by atoms with Crippen LogP contribution in [0.5, 0.6) is 0 Å². The molecule has 5 aromatic carbocycles. The molecule has 0 aliphatic heterocycles. The van der Waals surface area contributed by atoms with E-state index in [1.807, 2.05) is 11.3 Å². The van der Waals surface area contributed by atoms with Crippen LogP contribution in [0.3, 0.4) is 0 Å². The van der Waals surface area contributed by atoms with E-state index in [1.54, 1.807) is 0 Å². The molecule has 0 saturated carbocycles. The summed E-state index contributed by atoms with van der Waals surface area (Å²) in [7, 11) is 0. The van der Waals surface area contributed by atoms with Crippen molar-refractivity contribution in [2.75, 3.05) is 0 Å². The molecule has 1 aromatic heterocycles. The molecule has 0 amide bonds. The fourth-order valence-electron chi connectivity index (χ4n) is 5.85. The van der Waals surface area contributed by atoms with E-state index >= 15 is 0 Å². The van der Waals surface area contributed by atoms with Crippen molar-refractivity contribution in [1.82, 2.24) is 0 Å². The number of benzene rings is 4. The molecule has 4 heteroatoms. The van der Waals surface area contributed by atoms with Crippen molar-refractivity contribution in [2.45, 2.75) is 12.8 Å². The van der Waals surface area contributed by atoms with Crippen molar-refractivity contribution >= 4 is 43.8 Å². The summed E-state index contributed by atoms with van der Waals surface area (Å²) in [4.78, 5) is 1.37. The molecule has 0 radical (unpaired) electrons. The van der Waals surface area contributed by atoms with E-state index < -0.39 is 0 Å². The van der Waals surface area contributed by atoms with Crippen LogP contribution in [0, 0.1) is 0 Å². The molecule has 0 saturated heterocycles. The third kappa shape index (κ3) is 5.52. The molecule has 7 rings (SSSR count). The Kier molecular flexibility index (Phi) is 9.83. The van der Waals surface area contributed by atoms with E-state index in [0.717, 1.165) is 0 Å². The monoisotopic (exact) mass is 663 g/mol. The Bertz CT molecular complexity index is 1890. The smallest absolute Gasteiger partial charge is 1.00 e. The van der Waals surface area contributed by atoms with Crippen molar-refractivity contribution < 1.29 is 51.0 Å². The van der Waals surface area contributed by atoms with Gasteiger partial charge in [-0.2, -0.15) is 6.07 Å². The van der Waals surface area contributed by atoms with Crippen LogP contribution in [0.25, 0.3) is 54.8 Å². The largest absolute Gasteiger partial charge is 4.00 e. The average Bonchev–Trinajstić information content (AvgIpc) is 3.64. The molecule has 0 bridgehead atoms. The standard InChI is InChI=1S/C37H27S.2ClH.Zr/c1-3-25(29-21-28-16-10-17-30(33(28)23-29)26-12-6-4-7-13-26)22-32-24(2)20-34-36-31(27-14-8-5-9-15-27)18-11-19-35(36)38-37(32)34;;;/h3-23,25H,1H2,2H3;2*1H;/q-1;;;+4/p-2. The first kappa shape index (κ1) is 31.1. The maximum Gasteiger partial charge on any atom is 4.00 e. The molecule has 6 aromatic rings. The van der Waals surface area contributed by atoms with Crippen LogP contribution in [-0.2, 0) is 26.2 Å². The quantitative estimate of drug-likeness (QED) is 0.182. The van der Waals surface area contributed by atoms with Gasteiger partial charge in [-0.15, -0.1) is 52.5 Å². The predicted octanol–water partition coefficient (Wildman–Crippen LogP) is 4.88. The molecule has 1 heterocycles. The van der Waals surface area contributed by atoms with E-state index in [-0.39, 0.29) is 56.9 Å². The number of hydrogen-bond acceptors (Lipinski definition) is 1. The zero-order valence-corrected chi connectivity index (χ0v) is 27.4. The fraction of sp³-hybridized carbons (Fsp3) is 0.0541. The van der Waals surface area contributed by atoms with Crippen molar-refractivity contribution in [3.8, 4) is 22.3 Å². The SMILES string of the molecule is C=CC(C=C1C(C)=Cc2c1sc1cccc(-c3ccccc3)c21)c1cc2c(-c3ccccc3)cccc2[cH-]1.[Cl-].[Cl-].[Zr+4]. The summed E-state index contributed by atoms with van der Waals surface area (Å²) >= 11 is 1.90. The van der Waals surface area contributed by atoms with Gasteiger partial charge < -0.3 is 24.8 Å². The molecule has 0 fully saturated rings. The summed E-state index contributed by atoms with van der Waals surface area (Å²) in [6.07, 6.45) is 6.87. The van der Waals surface area contributed by atoms with Gasteiger partial charge in [0.15, 0.2) is 0 Å². The molecule has 41 heavy (non-hydrogen) atoms. The Labute approximate surface area is 277 Å². The van der Waals surface area contributed by atoms with Crippen molar-refractivity contribution in [3.05, 3.63) is 150 Å². The number of hydrogen-bond donors (Lipinski definition) is 0. The third-order valence-corrected chi connectivity index (χ3v) is 8.91. The molecule has 1 aliphatic carbocycles. The summed E-state index contributed by atoms with van der Waals surface area (Å²) in [5, 5.41) is 3.94. The number of thiophene rings is 1. The van der Waals surface area contributed by atoms with Gasteiger partial charge >= 0.3 is 26.2 Å². The molecular formula is C37H27Cl2SZr+. The Balaban J connectivity index is 0.00000129. The van der Waals surface area contributed by atoms with Crippen LogP contribution in [0.15, 0.2) is 133 Å². The zero-order chi connectivity index (χ0) is 25.6. The second kappa shape index (κ2) is 13.0. The van der Waals surface area contributed by atoms with Gasteiger partial charge in [0.05, 0.1) is 0 Å². The second-order valence-electron chi connectivity index (χ2n) is 10.0. The Morgan fingerprint density at radius 3 is 2.10 bits per heavy atom. The minimum atomic E-state index is 0. The van der Waals surface area contributed by atoms with E-state index in [9.17, 15) is 0 Å². The van der Waals surface area contributed by atoms with Crippen molar-refractivity contribution in [2.24, 2.45) is 0 Å². The Morgan fingerprint density at radius 2 is 1.41 bits per heavy atom. The minimum Gasteiger partial charge on any atom is -1.00 e. The first-order valence-corrected chi connectivity index (χ1v) is 13.9. The molecule has 0 N–H and O–H groups in total. The second-order valence-corrected chi connectivity index (χ2v) is 11.1. The van der Waals surface area contributed by atoms with Gasteiger partial charge in [-0.3, -0.25) is 0 Å². The molecular weight excluding hydrogens is 639 g/mol. The molecule has 198 valence electrons. The molecule has 0 spiro atoms. The topological polar surface area (TPSA) is 0 Å². The molecule has 0 nitrogen and oxygen atoms in total. The molecule has 1 aliphatic rings. The van der Waals surface area contributed by atoms with Gasteiger partial charge in [0.2, 0.25) is 0 Å². The van der Waals surface area contributed by atoms with Crippen LogP contribution < -0.4 is 24.8 Å². The maximum atomic E-state index is 4.25. The first-order valence-electron chi connectivity index (χ1n) is 13.1. The predicted molar refractivity (Wildman–Crippen MR) is 167 cm³/mol. The minimum absolute atomic E-state index is 0. The summed E-state index contributed by atoms with van der Waals surface area (Å²) in [6, 6.07) is 39.4. The van der Waals surface area contributed by atoms with Crippen LogP contribution >= 0.6 is 11.3 Å². The third-order valence-electron chi connectivity index (χ3n) is 7.71. The normalized spacial score (nSPS) is 13.6. The fourth-order valence-corrected chi connectivity index (χ4v) is 7.15. The van der Waals surface area contributed by atoms with Crippen molar-refractivity contribution in [3.63, 3.8) is 0 Å². The van der Waals surface area contributed by atoms with Crippen LogP contribution in [-0.4, -0.2) is 0 Å². The van der Waals surface area contributed by atoms with Gasteiger partial charge in [-0.05, 0) is 46.9 Å². The van der Waals surface area contributed by atoms with Crippen LogP contribution in [0.4, 0.5) is 0 Å². The van der Waals surface area contributed by atoms with E-state index in [1.165, 1.54) is 70.3 Å². The average molecular weight is 666 g/mol. The first-order chi connectivity index (χ1) is 18.7. The number of allylic oxidation sites excluding steroid dienone is 4. The molecule has 1 unspecified atom stereocenters. The van der Waals surface area contributed by atoms with Gasteiger partial charge in [-0.25, -0.2) is 0 Å². The van der Waals surface area contributed by atoms with Gasteiger partial charge in [0.1, 0.15) is 0 Å². The summed E-state index contributed by atoms with van der Waals surface area (Å²) in [6.45, 7) is 6.49. The summed E-state index contributed by atoms with van der Waals surface area (Å²) < 4.78 is 1.34.